The lowest BCUT2D eigenvalue weighted by molar-refractivity contribution is -0.118. The Morgan fingerprint density at radius 3 is 2.76 bits per heavy atom. The topological polar surface area (TPSA) is 20.3 Å². The summed E-state index contributed by atoms with van der Waals surface area (Å²) in [6.45, 7) is 6.27. The van der Waals surface area contributed by atoms with E-state index in [1.165, 1.54) is 16.7 Å². The second kappa shape index (κ2) is 5.36. The van der Waals surface area contributed by atoms with Crippen LogP contribution in [-0.2, 0) is 17.6 Å². The van der Waals surface area contributed by atoms with E-state index in [9.17, 15) is 4.79 Å². The monoisotopic (exact) mass is 279 g/mol. The summed E-state index contributed by atoms with van der Waals surface area (Å²) in [5, 5.41) is 0. The van der Waals surface area contributed by atoms with E-state index in [-0.39, 0.29) is 11.9 Å². The standard InChI is InChI=1S/C19H21NO/c1-13-8-9-14(2)17(10-13)12-19(21)20-15(3)11-16-6-4-5-7-18(16)20/h4-10,15H,11-12H2,1-3H3/t15-/m1/s1. The molecule has 21 heavy (non-hydrogen) atoms. The van der Waals surface area contributed by atoms with Crippen LogP contribution in [0.15, 0.2) is 42.5 Å². The van der Waals surface area contributed by atoms with Crippen molar-refractivity contribution in [2.75, 3.05) is 4.90 Å². The molecule has 0 unspecified atom stereocenters. The third-order valence-electron chi connectivity index (χ3n) is 4.32. The zero-order valence-corrected chi connectivity index (χ0v) is 12.9. The van der Waals surface area contributed by atoms with Crippen LogP contribution in [0.4, 0.5) is 5.69 Å². The lowest BCUT2D eigenvalue weighted by Gasteiger charge is -2.23. The van der Waals surface area contributed by atoms with Crippen LogP contribution in [0.1, 0.15) is 29.2 Å². The van der Waals surface area contributed by atoms with Crippen LogP contribution in [-0.4, -0.2) is 11.9 Å². The van der Waals surface area contributed by atoms with Crippen molar-refractivity contribution in [2.24, 2.45) is 0 Å². The number of carbonyl (C=O) groups excluding carboxylic acids is 1. The van der Waals surface area contributed by atoms with Gasteiger partial charge in [0.15, 0.2) is 0 Å². The molecule has 0 N–H and O–H groups in total. The molecule has 2 heteroatoms. The van der Waals surface area contributed by atoms with Crippen molar-refractivity contribution in [1.82, 2.24) is 0 Å². The molecule has 0 saturated carbocycles. The summed E-state index contributed by atoms with van der Waals surface area (Å²) in [4.78, 5) is 14.7. The molecule has 108 valence electrons. The van der Waals surface area contributed by atoms with E-state index in [4.69, 9.17) is 0 Å². The Morgan fingerprint density at radius 2 is 1.95 bits per heavy atom. The van der Waals surface area contributed by atoms with Gasteiger partial charge >= 0.3 is 0 Å². The second-order valence-electron chi connectivity index (χ2n) is 6.05. The molecule has 1 amide bonds. The molecular weight excluding hydrogens is 258 g/mol. The Morgan fingerprint density at radius 1 is 1.19 bits per heavy atom. The van der Waals surface area contributed by atoms with Crippen LogP contribution < -0.4 is 4.90 Å². The average Bonchev–Trinajstić information content (AvgIpc) is 2.78. The summed E-state index contributed by atoms with van der Waals surface area (Å²) >= 11 is 0. The lowest BCUT2D eigenvalue weighted by atomic mass is 10.0. The summed E-state index contributed by atoms with van der Waals surface area (Å²) in [7, 11) is 0. The fourth-order valence-corrected chi connectivity index (χ4v) is 3.18. The van der Waals surface area contributed by atoms with Crippen LogP contribution in [0.2, 0.25) is 0 Å². The molecule has 2 aromatic carbocycles. The Labute approximate surface area is 126 Å². The first-order valence-corrected chi connectivity index (χ1v) is 7.52. The number of benzene rings is 2. The smallest absolute Gasteiger partial charge is 0.231 e. The van der Waals surface area contributed by atoms with Gasteiger partial charge < -0.3 is 4.90 Å². The Kier molecular flexibility index (Phi) is 3.54. The summed E-state index contributed by atoms with van der Waals surface area (Å²) in [5.74, 6) is 0.196. The van der Waals surface area contributed by atoms with Gasteiger partial charge in [0.25, 0.3) is 0 Å². The van der Waals surface area contributed by atoms with Crippen LogP contribution >= 0.6 is 0 Å². The number of hydrogen-bond donors (Lipinski definition) is 0. The molecule has 1 heterocycles. The van der Waals surface area contributed by atoms with Gasteiger partial charge in [0.2, 0.25) is 5.91 Å². The number of hydrogen-bond acceptors (Lipinski definition) is 1. The van der Waals surface area contributed by atoms with Crippen LogP contribution in [0.5, 0.6) is 0 Å². The zero-order chi connectivity index (χ0) is 15.0. The van der Waals surface area contributed by atoms with E-state index in [1.54, 1.807) is 0 Å². The van der Waals surface area contributed by atoms with E-state index in [2.05, 4.69) is 51.1 Å². The normalized spacial score (nSPS) is 16.9. The van der Waals surface area contributed by atoms with Crippen molar-refractivity contribution in [3.05, 3.63) is 64.7 Å². The Hall–Kier alpha value is -2.09. The Bertz CT molecular complexity index is 690. The number of fused-ring (bicyclic) bond motifs is 1. The maximum absolute atomic E-state index is 12.8. The number of amides is 1. The highest BCUT2D eigenvalue weighted by molar-refractivity contribution is 5.97. The Balaban J connectivity index is 1.87. The van der Waals surface area contributed by atoms with Gasteiger partial charge in [0, 0.05) is 11.7 Å². The molecule has 0 spiro atoms. The quantitative estimate of drug-likeness (QED) is 0.818. The van der Waals surface area contributed by atoms with Crippen LogP contribution in [0.3, 0.4) is 0 Å². The average molecular weight is 279 g/mol. The molecule has 2 nitrogen and oxygen atoms in total. The molecular formula is C19H21NO. The van der Waals surface area contributed by atoms with Gasteiger partial charge in [0.05, 0.1) is 6.42 Å². The molecule has 2 aromatic rings. The highest BCUT2D eigenvalue weighted by Gasteiger charge is 2.30. The first-order chi connectivity index (χ1) is 10.1. The molecule has 0 bridgehead atoms. The highest BCUT2D eigenvalue weighted by Crippen LogP contribution is 2.32. The fourth-order valence-electron chi connectivity index (χ4n) is 3.18. The van der Waals surface area contributed by atoms with E-state index in [1.807, 2.05) is 17.0 Å². The van der Waals surface area contributed by atoms with Gasteiger partial charge in [-0.05, 0) is 49.9 Å². The molecule has 3 rings (SSSR count). The van der Waals surface area contributed by atoms with E-state index >= 15 is 0 Å². The SMILES string of the molecule is Cc1ccc(C)c(CC(=O)N2c3ccccc3C[C@H]2C)c1. The van der Waals surface area contributed by atoms with Gasteiger partial charge in [-0.25, -0.2) is 0 Å². The number of carbonyl (C=O) groups is 1. The number of rotatable bonds is 2. The van der Waals surface area contributed by atoms with Crippen molar-refractivity contribution in [2.45, 2.75) is 39.7 Å². The minimum absolute atomic E-state index is 0.196. The number of aryl methyl sites for hydroxylation is 2. The molecule has 0 saturated heterocycles. The maximum atomic E-state index is 12.8. The fraction of sp³-hybridized carbons (Fsp3) is 0.316. The third kappa shape index (κ3) is 2.58. The van der Waals surface area contributed by atoms with Crippen molar-refractivity contribution in [3.8, 4) is 0 Å². The molecule has 0 fully saturated rings. The summed E-state index contributed by atoms with van der Waals surface area (Å²) in [5.41, 5.74) is 5.89. The molecule has 1 aliphatic heterocycles. The lowest BCUT2D eigenvalue weighted by Crippen LogP contribution is -2.36. The van der Waals surface area contributed by atoms with E-state index < -0.39 is 0 Å². The van der Waals surface area contributed by atoms with Crippen molar-refractivity contribution in [1.29, 1.82) is 0 Å². The first kappa shape index (κ1) is 13.9. The minimum atomic E-state index is 0.196. The van der Waals surface area contributed by atoms with E-state index in [0.717, 1.165) is 17.7 Å². The second-order valence-corrected chi connectivity index (χ2v) is 6.05. The van der Waals surface area contributed by atoms with Gasteiger partial charge in [-0.2, -0.15) is 0 Å². The number of para-hydroxylation sites is 1. The summed E-state index contributed by atoms with van der Waals surface area (Å²) < 4.78 is 0. The minimum Gasteiger partial charge on any atom is -0.309 e. The van der Waals surface area contributed by atoms with Crippen molar-refractivity contribution >= 4 is 11.6 Å². The summed E-state index contributed by atoms with van der Waals surface area (Å²) in [6, 6.07) is 14.8. The number of nitrogens with zero attached hydrogens (tertiary/aromatic N) is 1. The molecule has 1 aliphatic rings. The van der Waals surface area contributed by atoms with Gasteiger partial charge in [-0.15, -0.1) is 0 Å². The van der Waals surface area contributed by atoms with Gasteiger partial charge in [-0.3, -0.25) is 4.79 Å². The number of anilines is 1. The van der Waals surface area contributed by atoms with Gasteiger partial charge in [-0.1, -0.05) is 42.0 Å². The maximum Gasteiger partial charge on any atom is 0.231 e. The zero-order valence-electron chi connectivity index (χ0n) is 12.9. The largest absolute Gasteiger partial charge is 0.309 e. The molecule has 0 radical (unpaired) electrons. The molecule has 0 aliphatic carbocycles. The predicted molar refractivity (Wildman–Crippen MR) is 86.7 cm³/mol. The van der Waals surface area contributed by atoms with Gasteiger partial charge in [0.1, 0.15) is 0 Å². The first-order valence-electron chi connectivity index (χ1n) is 7.52. The summed E-state index contributed by atoms with van der Waals surface area (Å²) in [6.07, 6.45) is 1.43. The van der Waals surface area contributed by atoms with Crippen LogP contribution in [0.25, 0.3) is 0 Å². The molecule has 0 aromatic heterocycles. The van der Waals surface area contributed by atoms with E-state index in [0.29, 0.717) is 6.42 Å². The van der Waals surface area contributed by atoms with Crippen molar-refractivity contribution in [3.63, 3.8) is 0 Å². The third-order valence-corrected chi connectivity index (χ3v) is 4.32. The molecule has 1 atom stereocenters. The predicted octanol–water partition coefficient (Wildman–Crippen LogP) is 3.82. The van der Waals surface area contributed by atoms with Crippen LogP contribution in [0, 0.1) is 13.8 Å². The van der Waals surface area contributed by atoms with Crippen molar-refractivity contribution < 1.29 is 4.79 Å². The highest BCUT2D eigenvalue weighted by atomic mass is 16.2.